The largest absolute Gasteiger partial charge is 0.465 e. The summed E-state index contributed by atoms with van der Waals surface area (Å²) in [5.74, 6) is -0.520. The van der Waals surface area contributed by atoms with E-state index in [1.807, 2.05) is 30.3 Å². The lowest BCUT2D eigenvalue weighted by atomic mass is 10.1. The number of esters is 1. The lowest BCUT2D eigenvalue weighted by Crippen LogP contribution is -2.14. The van der Waals surface area contributed by atoms with E-state index >= 15 is 0 Å². The van der Waals surface area contributed by atoms with Crippen LogP contribution in [0.5, 0.6) is 0 Å². The van der Waals surface area contributed by atoms with E-state index in [9.17, 15) is 9.59 Å². The molecule has 142 valence electrons. The van der Waals surface area contributed by atoms with Gasteiger partial charge in [-0.2, -0.15) is 0 Å². The molecule has 0 aliphatic rings. The Bertz CT molecular complexity index is 970. The highest BCUT2D eigenvalue weighted by molar-refractivity contribution is 6.30. The van der Waals surface area contributed by atoms with Gasteiger partial charge in [0.1, 0.15) is 0 Å². The molecule has 0 saturated heterocycles. The van der Waals surface area contributed by atoms with Gasteiger partial charge < -0.3 is 15.4 Å². The number of hydrogen-bond donors (Lipinski definition) is 2. The van der Waals surface area contributed by atoms with E-state index in [0.717, 1.165) is 11.3 Å². The van der Waals surface area contributed by atoms with Crippen molar-refractivity contribution in [2.45, 2.75) is 6.42 Å². The molecule has 0 unspecified atom stereocenters. The van der Waals surface area contributed by atoms with Crippen LogP contribution in [-0.4, -0.2) is 19.0 Å². The van der Waals surface area contributed by atoms with Crippen LogP contribution in [0.1, 0.15) is 15.9 Å². The summed E-state index contributed by atoms with van der Waals surface area (Å²) in [5.41, 5.74) is 3.46. The molecule has 3 aromatic carbocycles. The van der Waals surface area contributed by atoms with Gasteiger partial charge >= 0.3 is 5.97 Å². The third-order valence-corrected chi connectivity index (χ3v) is 4.31. The van der Waals surface area contributed by atoms with Crippen molar-refractivity contribution in [1.29, 1.82) is 0 Å². The molecule has 0 spiro atoms. The van der Waals surface area contributed by atoms with E-state index in [-0.39, 0.29) is 12.3 Å². The van der Waals surface area contributed by atoms with Crippen molar-refractivity contribution < 1.29 is 14.3 Å². The van der Waals surface area contributed by atoms with E-state index < -0.39 is 5.97 Å². The molecule has 0 fully saturated rings. The van der Waals surface area contributed by atoms with E-state index in [2.05, 4.69) is 10.6 Å². The second kappa shape index (κ2) is 9.06. The zero-order chi connectivity index (χ0) is 19.9. The first-order valence-electron chi connectivity index (χ1n) is 8.64. The maximum Gasteiger partial charge on any atom is 0.339 e. The van der Waals surface area contributed by atoms with Crippen molar-refractivity contribution in [3.05, 3.63) is 88.9 Å². The van der Waals surface area contributed by atoms with Crippen LogP contribution in [0.2, 0.25) is 5.02 Å². The minimum atomic E-state index is -0.408. The maximum absolute atomic E-state index is 12.2. The molecular weight excluding hydrogens is 376 g/mol. The van der Waals surface area contributed by atoms with Crippen LogP contribution in [0.4, 0.5) is 17.1 Å². The summed E-state index contributed by atoms with van der Waals surface area (Å²) in [7, 11) is 1.35. The number of carbonyl (C=O) groups excluding carboxylic acids is 2. The van der Waals surface area contributed by atoms with E-state index in [1.165, 1.54) is 7.11 Å². The molecule has 28 heavy (non-hydrogen) atoms. The first kappa shape index (κ1) is 19.5. The molecule has 0 aliphatic heterocycles. The summed E-state index contributed by atoms with van der Waals surface area (Å²) >= 11 is 5.85. The molecule has 0 radical (unpaired) electrons. The summed E-state index contributed by atoms with van der Waals surface area (Å²) < 4.78 is 4.80. The lowest BCUT2D eigenvalue weighted by molar-refractivity contribution is -0.115. The molecule has 6 heteroatoms. The number of ether oxygens (including phenoxy) is 1. The Labute approximate surface area is 168 Å². The van der Waals surface area contributed by atoms with Crippen molar-refractivity contribution >= 4 is 40.5 Å². The Morgan fingerprint density at radius 3 is 2.21 bits per heavy atom. The third kappa shape index (κ3) is 5.11. The highest BCUT2D eigenvalue weighted by Crippen LogP contribution is 2.23. The topological polar surface area (TPSA) is 67.4 Å². The number of para-hydroxylation sites is 1. The second-order valence-corrected chi connectivity index (χ2v) is 6.53. The van der Waals surface area contributed by atoms with Gasteiger partial charge in [-0.3, -0.25) is 4.79 Å². The Morgan fingerprint density at radius 1 is 0.893 bits per heavy atom. The minimum Gasteiger partial charge on any atom is -0.465 e. The molecule has 0 atom stereocenters. The highest BCUT2D eigenvalue weighted by Gasteiger charge is 2.11. The highest BCUT2D eigenvalue weighted by atomic mass is 35.5. The second-order valence-electron chi connectivity index (χ2n) is 6.09. The Kier molecular flexibility index (Phi) is 6.29. The first-order valence-corrected chi connectivity index (χ1v) is 9.01. The Hall–Kier alpha value is -3.31. The third-order valence-electron chi connectivity index (χ3n) is 4.06. The van der Waals surface area contributed by atoms with Gasteiger partial charge in [-0.05, 0) is 54.1 Å². The van der Waals surface area contributed by atoms with Crippen LogP contribution in [0.25, 0.3) is 0 Å². The number of methoxy groups -OCH3 is 1. The molecule has 3 rings (SSSR count). The molecule has 0 aliphatic carbocycles. The fraction of sp³-hybridized carbons (Fsp3) is 0.0909. The number of benzene rings is 3. The molecule has 0 aromatic heterocycles. The monoisotopic (exact) mass is 394 g/mol. The summed E-state index contributed by atoms with van der Waals surface area (Å²) in [5, 5.41) is 6.69. The fourth-order valence-corrected chi connectivity index (χ4v) is 2.79. The summed E-state index contributed by atoms with van der Waals surface area (Å²) in [6, 6.07) is 21.5. The molecule has 0 bridgehead atoms. The number of hydrogen-bond acceptors (Lipinski definition) is 4. The normalized spacial score (nSPS) is 10.2. The smallest absolute Gasteiger partial charge is 0.339 e. The van der Waals surface area contributed by atoms with Crippen LogP contribution in [0, 0.1) is 0 Å². The first-order chi connectivity index (χ1) is 13.5. The quantitative estimate of drug-likeness (QED) is 0.574. The van der Waals surface area contributed by atoms with Crippen LogP contribution in [-0.2, 0) is 16.0 Å². The van der Waals surface area contributed by atoms with Gasteiger partial charge in [-0.15, -0.1) is 0 Å². The van der Waals surface area contributed by atoms with Gasteiger partial charge in [-0.25, -0.2) is 4.79 Å². The molecule has 3 aromatic rings. The van der Waals surface area contributed by atoms with Crippen molar-refractivity contribution in [2.24, 2.45) is 0 Å². The van der Waals surface area contributed by atoms with Crippen LogP contribution in [0.3, 0.4) is 0 Å². The van der Waals surface area contributed by atoms with Crippen molar-refractivity contribution in [3.63, 3.8) is 0 Å². The molecule has 0 saturated carbocycles. The predicted octanol–water partition coefficient (Wildman–Crippen LogP) is 5.05. The Morgan fingerprint density at radius 2 is 1.54 bits per heavy atom. The number of halogens is 1. The Balaban J connectivity index is 1.63. The van der Waals surface area contributed by atoms with Crippen molar-refractivity contribution in [3.8, 4) is 0 Å². The van der Waals surface area contributed by atoms with Crippen LogP contribution >= 0.6 is 11.6 Å². The summed E-state index contributed by atoms with van der Waals surface area (Å²) in [6.07, 6.45) is 0.268. The average Bonchev–Trinajstić information content (AvgIpc) is 2.71. The van der Waals surface area contributed by atoms with Gasteiger partial charge in [0.15, 0.2) is 0 Å². The number of carbonyl (C=O) groups is 2. The van der Waals surface area contributed by atoms with E-state index in [0.29, 0.717) is 22.0 Å². The van der Waals surface area contributed by atoms with E-state index in [1.54, 1.807) is 42.5 Å². The molecule has 1 amide bonds. The molecule has 0 heterocycles. The number of anilines is 3. The van der Waals surface area contributed by atoms with E-state index in [4.69, 9.17) is 16.3 Å². The SMILES string of the molecule is COC(=O)c1ccccc1Nc1ccc(NC(=O)Cc2ccc(Cl)cc2)cc1. The number of nitrogens with one attached hydrogen (secondary N) is 2. The molecule has 2 N–H and O–H groups in total. The summed E-state index contributed by atoms with van der Waals surface area (Å²) in [4.78, 5) is 24.0. The predicted molar refractivity (Wildman–Crippen MR) is 111 cm³/mol. The van der Waals surface area contributed by atoms with Crippen LogP contribution in [0.15, 0.2) is 72.8 Å². The van der Waals surface area contributed by atoms with Gasteiger partial charge in [0.2, 0.25) is 5.91 Å². The van der Waals surface area contributed by atoms with Crippen molar-refractivity contribution in [1.82, 2.24) is 0 Å². The molecule has 5 nitrogen and oxygen atoms in total. The maximum atomic E-state index is 12.2. The lowest BCUT2D eigenvalue weighted by Gasteiger charge is -2.11. The molecular formula is C22H19ClN2O3. The van der Waals surface area contributed by atoms with Gasteiger partial charge in [0.05, 0.1) is 24.8 Å². The van der Waals surface area contributed by atoms with Crippen molar-refractivity contribution in [2.75, 3.05) is 17.7 Å². The zero-order valence-corrected chi connectivity index (χ0v) is 16.0. The van der Waals surface area contributed by atoms with Gasteiger partial charge in [0.25, 0.3) is 0 Å². The number of amides is 1. The minimum absolute atomic E-state index is 0.112. The van der Waals surface area contributed by atoms with Crippen LogP contribution < -0.4 is 10.6 Å². The van der Waals surface area contributed by atoms with Gasteiger partial charge in [-0.1, -0.05) is 35.9 Å². The van der Waals surface area contributed by atoms with Gasteiger partial charge in [0, 0.05) is 16.4 Å². The standard InChI is InChI=1S/C22H19ClN2O3/c1-28-22(27)19-4-2-3-5-20(19)24-17-10-12-18(13-11-17)25-21(26)14-15-6-8-16(23)9-7-15/h2-13,24H,14H2,1H3,(H,25,26). The zero-order valence-electron chi connectivity index (χ0n) is 15.2. The fourth-order valence-electron chi connectivity index (χ4n) is 2.67. The number of rotatable bonds is 6. The average molecular weight is 395 g/mol. The summed E-state index contributed by atoms with van der Waals surface area (Å²) in [6.45, 7) is 0.